The first-order valence-electron chi connectivity index (χ1n) is 14.1. The molecule has 0 bridgehead atoms. The van der Waals surface area contributed by atoms with E-state index in [-0.39, 0.29) is 24.4 Å². The van der Waals surface area contributed by atoms with E-state index in [1.54, 1.807) is 18.0 Å². The molecular formula is C31H35N7O4. The highest BCUT2D eigenvalue weighted by Gasteiger charge is 2.45. The number of nitrogens with zero attached hydrogens (tertiary/aromatic N) is 3. The summed E-state index contributed by atoms with van der Waals surface area (Å²) in [5.74, 6) is -0.684. The van der Waals surface area contributed by atoms with Crippen LogP contribution in [0.15, 0.2) is 52.3 Å². The molecule has 11 nitrogen and oxygen atoms in total. The summed E-state index contributed by atoms with van der Waals surface area (Å²) in [6.45, 7) is 6.50. The predicted octanol–water partition coefficient (Wildman–Crippen LogP) is 1.97. The maximum absolute atomic E-state index is 13.0. The van der Waals surface area contributed by atoms with E-state index in [2.05, 4.69) is 33.4 Å². The first-order valence-corrected chi connectivity index (χ1v) is 14.1. The third-order valence-electron chi connectivity index (χ3n) is 8.43. The lowest BCUT2D eigenvalue weighted by Crippen LogP contribution is -2.45. The third-order valence-corrected chi connectivity index (χ3v) is 8.43. The fourth-order valence-electron chi connectivity index (χ4n) is 6.41. The van der Waals surface area contributed by atoms with E-state index in [9.17, 15) is 19.6 Å². The Morgan fingerprint density at radius 3 is 2.50 bits per heavy atom. The largest absolute Gasteiger partial charge is 0.438 e. The van der Waals surface area contributed by atoms with Gasteiger partial charge in [-0.25, -0.2) is 4.79 Å². The van der Waals surface area contributed by atoms with E-state index in [0.717, 1.165) is 34.2 Å². The first-order chi connectivity index (χ1) is 20.2. The summed E-state index contributed by atoms with van der Waals surface area (Å²) in [7, 11) is 1.59. The number of nitriles is 1. The van der Waals surface area contributed by atoms with Gasteiger partial charge in [0.1, 0.15) is 6.04 Å². The van der Waals surface area contributed by atoms with Gasteiger partial charge in [-0.2, -0.15) is 5.26 Å². The Kier molecular flexibility index (Phi) is 8.00. The molecule has 2 aromatic carbocycles. The van der Waals surface area contributed by atoms with Crippen LogP contribution in [0.4, 0.5) is 0 Å². The monoisotopic (exact) mass is 569 g/mol. The lowest BCUT2D eigenvalue weighted by molar-refractivity contribution is -0.130. The van der Waals surface area contributed by atoms with Crippen LogP contribution in [0.25, 0.3) is 5.70 Å². The van der Waals surface area contributed by atoms with Crippen molar-refractivity contribution in [1.82, 2.24) is 25.7 Å². The number of nitrogens with one attached hydrogen (secondary N) is 3. The molecule has 0 spiro atoms. The summed E-state index contributed by atoms with van der Waals surface area (Å²) in [5, 5.41) is 19.7. The number of carbonyl (C=O) groups is 2. The Morgan fingerprint density at radius 2 is 1.90 bits per heavy atom. The molecule has 2 aliphatic rings. The average Bonchev–Trinajstić information content (AvgIpc) is 3.63. The number of hydrogen-bond acceptors (Lipinski definition) is 8. The number of amides is 2. The summed E-state index contributed by atoms with van der Waals surface area (Å²) in [5.41, 5.74) is 10.5. The molecule has 0 saturated carbocycles. The zero-order valence-corrected chi connectivity index (χ0v) is 23.8. The molecule has 3 atom stereocenters. The second-order valence-electron chi connectivity index (χ2n) is 11.1. The topological polar surface area (TPSA) is 170 Å². The second kappa shape index (κ2) is 11.7. The molecule has 1 saturated heterocycles. The van der Waals surface area contributed by atoms with Gasteiger partial charge in [0.15, 0.2) is 5.82 Å². The number of benzene rings is 2. The fourth-order valence-corrected chi connectivity index (χ4v) is 6.41. The molecule has 0 radical (unpaired) electrons. The van der Waals surface area contributed by atoms with Crippen LogP contribution < -0.4 is 22.1 Å². The number of H-pyrrole nitrogens is 1. The average molecular weight is 570 g/mol. The van der Waals surface area contributed by atoms with Gasteiger partial charge in [0.25, 0.3) is 5.91 Å². The summed E-state index contributed by atoms with van der Waals surface area (Å²) < 4.78 is 5.06. The van der Waals surface area contributed by atoms with Gasteiger partial charge in [-0.15, -0.1) is 0 Å². The van der Waals surface area contributed by atoms with Gasteiger partial charge in [-0.1, -0.05) is 29.9 Å². The van der Waals surface area contributed by atoms with Crippen LogP contribution in [-0.2, 0) is 23.1 Å². The van der Waals surface area contributed by atoms with Crippen molar-refractivity contribution in [3.63, 3.8) is 0 Å². The Hall–Kier alpha value is -4.69. The van der Waals surface area contributed by atoms with Crippen molar-refractivity contribution >= 4 is 17.5 Å². The normalized spacial score (nSPS) is 20.1. The number of rotatable bonds is 8. The van der Waals surface area contributed by atoms with Gasteiger partial charge in [0.2, 0.25) is 5.91 Å². The summed E-state index contributed by atoms with van der Waals surface area (Å²) in [4.78, 5) is 42.4. The van der Waals surface area contributed by atoms with Gasteiger partial charge < -0.3 is 21.3 Å². The number of nitrogens with two attached hydrogens (primary N) is 1. The van der Waals surface area contributed by atoms with Gasteiger partial charge >= 0.3 is 5.76 Å². The molecular weight excluding hydrogens is 534 g/mol. The van der Waals surface area contributed by atoms with Crippen molar-refractivity contribution in [2.75, 3.05) is 20.1 Å². The fraction of sp³-hybridized carbons (Fsp3) is 0.387. The van der Waals surface area contributed by atoms with Gasteiger partial charge in [-0.3, -0.25) is 19.1 Å². The quantitative estimate of drug-likeness (QED) is 0.319. The van der Waals surface area contributed by atoms with Crippen molar-refractivity contribution in [2.45, 2.75) is 56.5 Å². The van der Waals surface area contributed by atoms with Crippen molar-refractivity contribution in [2.24, 2.45) is 5.73 Å². The van der Waals surface area contributed by atoms with Gasteiger partial charge in [0, 0.05) is 30.9 Å². The molecule has 1 aliphatic heterocycles. The zero-order chi connectivity index (χ0) is 30.0. The molecule has 5 rings (SSSR count). The lowest BCUT2D eigenvalue weighted by Gasteiger charge is -2.37. The number of aromatic nitrogens is 2. The van der Waals surface area contributed by atoms with Crippen LogP contribution in [0, 0.1) is 11.3 Å². The number of carbonyl (C=O) groups excluding carboxylic acids is 2. The lowest BCUT2D eigenvalue weighted by atomic mass is 9.67. The molecule has 2 amide bonds. The molecule has 1 aromatic heterocycles. The van der Waals surface area contributed by atoms with Crippen molar-refractivity contribution in [3.8, 4) is 6.07 Å². The number of aryl methyl sites for hydroxylation is 2. The van der Waals surface area contributed by atoms with Crippen LogP contribution in [0.3, 0.4) is 0 Å². The summed E-state index contributed by atoms with van der Waals surface area (Å²) >= 11 is 0. The smallest absolute Gasteiger partial charge is 0.399 e. The van der Waals surface area contributed by atoms with E-state index in [1.807, 2.05) is 37.3 Å². The number of likely N-dealkylation sites (tertiary alicyclic amines) is 1. The van der Waals surface area contributed by atoms with E-state index in [0.29, 0.717) is 49.3 Å². The summed E-state index contributed by atoms with van der Waals surface area (Å²) in [6, 6.07) is 13.0. The van der Waals surface area contributed by atoms with Crippen LogP contribution in [0.2, 0.25) is 0 Å². The van der Waals surface area contributed by atoms with Gasteiger partial charge in [-0.05, 0) is 85.0 Å². The van der Waals surface area contributed by atoms with Crippen LogP contribution in [0.1, 0.15) is 70.2 Å². The second-order valence-corrected chi connectivity index (χ2v) is 11.1. The molecule has 218 valence electrons. The molecule has 3 aromatic rings. The highest BCUT2D eigenvalue weighted by Crippen LogP contribution is 2.47. The number of hydrogen-bond donors (Lipinski definition) is 4. The van der Waals surface area contributed by atoms with E-state index in [1.165, 1.54) is 0 Å². The molecule has 2 unspecified atom stereocenters. The highest BCUT2D eigenvalue weighted by molar-refractivity contribution is 5.94. The number of aromatic amines is 1. The first kappa shape index (κ1) is 28.8. The Morgan fingerprint density at radius 1 is 1.24 bits per heavy atom. The molecule has 5 N–H and O–H groups in total. The Labute approximate surface area is 243 Å². The van der Waals surface area contributed by atoms with Crippen LogP contribution >= 0.6 is 0 Å². The number of fused-ring (bicyclic) bond motifs is 2. The SMILES string of the molecule is C=C(N)c1ccc2c(c1)CCc1cc(C(=O)NC)ccc1C2(C[C@@H](C)NCC(=O)N1CCCC1C#N)c1noc(=O)[nH]1. The standard InChI is InChI=1S/C31H35N7O4/c1-18(35-17-27(39)38-12-4-5-24(38)16-32)15-31(29-36-30(41)42-37-29)25-10-8-20(19(2)33)13-21(25)6-7-22-14-23(28(40)34-3)9-11-26(22)31/h8-11,13-14,18,24,35H,2,4-7,12,15,17,33H2,1,3H3,(H,34,40)(H,36,37,41)/t18-,24?,31?/m1/s1. The van der Waals surface area contributed by atoms with Gasteiger partial charge in [0.05, 0.1) is 18.0 Å². The van der Waals surface area contributed by atoms with Crippen LogP contribution in [0.5, 0.6) is 0 Å². The third kappa shape index (κ3) is 5.21. The van der Waals surface area contributed by atoms with E-state index in [4.69, 9.17) is 10.3 Å². The van der Waals surface area contributed by atoms with Crippen LogP contribution in [-0.4, -0.2) is 59.1 Å². The molecule has 2 heterocycles. The molecule has 1 aliphatic carbocycles. The minimum absolute atomic E-state index is 0.0615. The maximum Gasteiger partial charge on any atom is 0.438 e. The highest BCUT2D eigenvalue weighted by atomic mass is 16.5. The minimum atomic E-state index is -0.999. The molecule has 1 fully saturated rings. The summed E-state index contributed by atoms with van der Waals surface area (Å²) in [6.07, 6.45) is 3.17. The molecule has 11 heteroatoms. The van der Waals surface area contributed by atoms with E-state index >= 15 is 0 Å². The zero-order valence-electron chi connectivity index (χ0n) is 23.8. The van der Waals surface area contributed by atoms with Crippen molar-refractivity contribution in [1.29, 1.82) is 5.26 Å². The minimum Gasteiger partial charge on any atom is -0.399 e. The molecule has 42 heavy (non-hydrogen) atoms. The Balaban J connectivity index is 1.62. The Bertz CT molecular complexity index is 1630. The van der Waals surface area contributed by atoms with Crippen molar-refractivity contribution in [3.05, 3.63) is 92.7 Å². The maximum atomic E-state index is 13.0. The van der Waals surface area contributed by atoms with Crippen molar-refractivity contribution < 1.29 is 14.1 Å². The van der Waals surface area contributed by atoms with E-state index < -0.39 is 17.2 Å². The predicted molar refractivity (Wildman–Crippen MR) is 156 cm³/mol.